The van der Waals surface area contributed by atoms with E-state index in [0.29, 0.717) is 13.0 Å². The molecule has 1 amide bonds. The van der Waals surface area contributed by atoms with Gasteiger partial charge in [-0.2, -0.15) is 0 Å². The minimum Gasteiger partial charge on any atom is -0.464 e. The van der Waals surface area contributed by atoms with E-state index in [0.717, 1.165) is 44.1 Å². The maximum absolute atomic E-state index is 12.6. The number of unbranched alkanes of at least 4 members (excludes halogenated alkanes) is 12. The molecule has 33 heavy (non-hydrogen) atoms. The van der Waals surface area contributed by atoms with Gasteiger partial charge in [0, 0.05) is 0 Å². The Morgan fingerprint density at radius 3 is 1.88 bits per heavy atom. The van der Waals surface area contributed by atoms with Gasteiger partial charge in [0.05, 0.1) is 6.61 Å². The van der Waals surface area contributed by atoms with Crippen molar-refractivity contribution in [2.75, 3.05) is 6.61 Å². The molecule has 1 aromatic rings. The fraction of sp³-hybridized carbons (Fsp3) is 0.714. The summed E-state index contributed by atoms with van der Waals surface area (Å²) >= 11 is 0. The molecule has 0 saturated heterocycles. The second kappa shape index (κ2) is 20.6. The van der Waals surface area contributed by atoms with Crippen LogP contribution in [-0.2, 0) is 20.9 Å². The van der Waals surface area contributed by atoms with Crippen LogP contribution < -0.4 is 5.32 Å². The van der Waals surface area contributed by atoms with Gasteiger partial charge < -0.3 is 14.8 Å². The molecule has 0 aliphatic carbocycles. The summed E-state index contributed by atoms with van der Waals surface area (Å²) in [4.78, 5) is 24.8. The van der Waals surface area contributed by atoms with Gasteiger partial charge in [0.15, 0.2) is 0 Å². The van der Waals surface area contributed by atoms with Crippen molar-refractivity contribution in [3.63, 3.8) is 0 Å². The van der Waals surface area contributed by atoms with Crippen LogP contribution in [0.4, 0.5) is 4.79 Å². The Balaban J connectivity index is 2.25. The van der Waals surface area contributed by atoms with Gasteiger partial charge in [0.25, 0.3) is 0 Å². The molecule has 0 aliphatic heterocycles. The quantitative estimate of drug-likeness (QED) is 0.159. The van der Waals surface area contributed by atoms with E-state index in [1.165, 1.54) is 51.4 Å². The third kappa shape index (κ3) is 16.3. The van der Waals surface area contributed by atoms with Crippen LogP contribution in [0.15, 0.2) is 30.3 Å². The predicted octanol–water partition coefficient (Wildman–Crippen LogP) is 7.72. The highest BCUT2D eigenvalue weighted by Gasteiger charge is 2.22. The number of rotatable bonds is 20. The van der Waals surface area contributed by atoms with Crippen molar-refractivity contribution in [1.29, 1.82) is 0 Å². The molecule has 1 unspecified atom stereocenters. The molecular weight excluding hydrogens is 414 g/mol. The highest BCUT2D eigenvalue weighted by atomic mass is 16.6. The average Bonchev–Trinajstić information content (AvgIpc) is 2.83. The summed E-state index contributed by atoms with van der Waals surface area (Å²) in [5.74, 6) is -0.348. The van der Waals surface area contributed by atoms with Crippen molar-refractivity contribution >= 4 is 12.1 Å². The first-order chi connectivity index (χ1) is 16.2. The maximum atomic E-state index is 12.6. The number of amides is 1. The summed E-state index contributed by atoms with van der Waals surface area (Å²) in [5, 5.41) is 2.72. The van der Waals surface area contributed by atoms with Gasteiger partial charge in [-0.05, 0) is 18.4 Å². The Morgan fingerprint density at radius 2 is 1.27 bits per heavy atom. The second-order valence-electron chi connectivity index (χ2n) is 8.96. The lowest BCUT2D eigenvalue weighted by Gasteiger charge is -2.17. The van der Waals surface area contributed by atoms with Gasteiger partial charge in [-0.25, -0.2) is 9.59 Å². The molecule has 0 saturated carbocycles. The van der Waals surface area contributed by atoms with Crippen LogP contribution in [0.5, 0.6) is 0 Å². The van der Waals surface area contributed by atoms with E-state index in [-0.39, 0.29) is 12.6 Å². The van der Waals surface area contributed by atoms with Gasteiger partial charge in [0.1, 0.15) is 12.6 Å². The fourth-order valence-electron chi connectivity index (χ4n) is 3.79. The normalized spacial score (nSPS) is 11.7. The topological polar surface area (TPSA) is 64.6 Å². The van der Waals surface area contributed by atoms with Crippen LogP contribution in [0.2, 0.25) is 0 Å². The van der Waals surface area contributed by atoms with E-state index in [1.54, 1.807) is 0 Å². The Morgan fingerprint density at radius 1 is 0.727 bits per heavy atom. The molecule has 0 spiro atoms. The molecule has 5 nitrogen and oxygen atoms in total. The molecule has 188 valence electrons. The Bertz CT molecular complexity index is 605. The number of nitrogens with one attached hydrogen (secondary N) is 1. The molecule has 0 heterocycles. The molecule has 1 atom stereocenters. The minimum absolute atomic E-state index is 0.183. The molecule has 5 heteroatoms. The average molecular weight is 462 g/mol. The Hall–Kier alpha value is -2.04. The standard InChI is InChI=1S/C28H47NO4/c1-3-5-7-9-10-11-12-13-14-19-23-32-27(30)26(22-18-8-6-4-2)29-28(31)33-24-25-20-16-15-17-21-25/h15-17,20-21,26H,3-14,18-19,22-24H2,1-2H3,(H,29,31). The number of hydrogen-bond donors (Lipinski definition) is 1. The van der Waals surface area contributed by atoms with Crippen molar-refractivity contribution in [2.24, 2.45) is 0 Å². The minimum atomic E-state index is -0.645. The molecule has 0 aromatic heterocycles. The monoisotopic (exact) mass is 461 g/mol. The highest BCUT2D eigenvalue weighted by Crippen LogP contribution is 2.12. The van der Waals surface area contributed by atoms with E-state index in [2.05, 4.69) is 19.2 Å². The van der Waals surface area contributed by atoms with Crippen LogP contribution in [0.25, 0.3) is 0 Å². The summed E-state index contributed by atoms with van der Waals surface area (Å²) in [6.45, 7) is 5.00. The molecule has 1 rings (SSSR count). The third-order valence-corrected chi connectivity index (χ3v) is 5.88. The zero-order valence-electron chi connectivity index (χ0n) is 21.1. The Kier molecular flexibility index (Phi) is 18.1. The lowest BCUT2D eigenvalue weighted by molar-refractivity contribution is -0.146. The van der Waals surface area contributed by atoms with Crippen molar-refractivity contribution in [2.45, 2.75) is 123 Å². The van der Waals surface area contributed by atoms with Gasteiger partial charge in [0.2, 0.25) is 0 Å². The van der Waals surface area contributed by atoms with Crippen molar-refractivity contribution < 1.29 is 19.1 Å². The van der Waals surface area contributed by atoms with Gasteiger partial charge in [-0.15, -0.1) is 0 Å². The zero-order valence-corrected chi connectivity index (χ0v) is 21.1. The maximum Gasteiger partial charge on any atom is 0.408 e. The van der Waals surface area contributed by atoms with Crippen molar-refractivity contribution in [1.82, 2.24) is 5.32 Å². The number of carbonyl (C=O) groups is 2. The van der Waals surface area contributed by atoms with Crippen LogP contribution in [0.1, 0.15) is 116 Å². The summed E-state index contributed by atoms with van der Waals surface area (Å²) in [7, 11) is 0. The first-order valence-corrected chi connectivity index (χ1v) is 13.3. The first kappa shape index (κ1) is 29.0. The fourth-order valence-corrected chi connectivity index (χ4v) is 3.79. The highest BCUT2D eigenvalue weighted by molar-refractivity contribution is 5.81. The number of hydrogen-bond acceptors (Lipinski definition) is 4. The number of carbonyl (C=O) groups excluding carboxylic acids is 2. The summed E-state index contributed by atoms with van der Waals surface area (Å²) in [6.07, 6.45) is 16.6. The van der Waals surface area contributed by atoms with E-state index in [9.17, 15) is 9.59 Å². The summed E-state index contributed by atoms with van der Waals surface area (Å²) in [5.41, 5.74) is 0.913. The van der Waals surface area contributed by atoms with Gasteiger partial charge in [-0.3, -0.25) is 0 Å². The third-order valence-electron chi connectivity index (χ3n) is 5.88. The zero-order chi connectivity index (χ0) is 24.0. The van der Waals surface area contributed by atoms with E-state index in [1.807, 2.05) is 30.3 Å². The second-order valence-corrected chi connectivity index (χ2v) is 8.96. The van der Waals surface area contributed by atoms with Gasteiger partial charge in [-0.1, -0.05) is 128 Å². The Labute approximate surface area is 202 Å². The first-order valence-electron chi connectivity index (χ1n) is 13.3. The van der Waals surface area contributed by atoms with Crippen molar-refractivity contribution in [3.8, 4) is 0 Å². The van der Waals surface area contributed by atoms with E-state index < -0.39 is 12.1 Å². The van der Waals surface area contributed by atoms with E-state index >= 15 is 0 Å². The largest absolute Gasteiger partial charge is 0.464 e. The summed E-state index contributed by atoms with van der Waals surface area (Å²) < 4.78 is 10.8. The van der Waals surface area contributed by atoms with Gasteiger partial charge >= 0.3 is 12.1 Å². The number of esters is 1. The molecular formula is C28H47NO4. The molecule has 0 fully saturated rings. The van der Waals surface area contributed by atoms with Crippen molar-refractivity contribution in [3.05, 3.63) is 35.9 Å². The van der Waals surface area contributed by atoms with Crippen LogP contribution in [0.3, 0.4) is 0 Å². The van der Waals surface area contributed by atoms with Crippen LogP contribution >= 0.6 is 0 Å². The smallest absolute Gasteiger partial charge is 0.408 e. The molecule has 0 bridgehead atoms. The molecule has 1 N–H and O–H groups in total. The van der Waals surface area contributed by atoms with Crippen LogP contribution in [-0.4, -0.2) is 24.7 Å². The summed E-state index contributed by atoms with van der Waals surface area (Å²) in [6, 6.07) is 8.87. The predicted molar refractivity (Wildman–Crippen MR) is 135 cm³/mol. The molecule has 0 aliphatic rings. The number of ether oxygens (including phenoxy) is 2. The van der Waals surface area contributed by atoms with E-state index in [4.69, 9.17) is 9.47 Å². The number of benzene rings is 1. The lowest BCUT2D eigenvalue weighted by Crippen LogP contribution is -2.42. The lowest BCUT2D eigenvalue weighted by atomic mass is 10.1. The van der Waals surface area contributed by atoms with Crippen LogP contribution in [0, 0.1) is 0 Å². The molecule has 1 aromatic carbocycles. The molecule has 0 radical (unpaired) electrons. The number of alkyl carbamates (subject to hydrolysis) is 1. The SMILES string of the molecule is CCCCCCCCCCCCOC(=O)C(CCCCCC)NC(=O)OCc1ccccc1.